The van der Waals surface area contributed by atoms with E-state index in [9.17, 15) is 14.7 Å². The Morgan fingerprint density at radius 2 is 2.06 bits per heavy atom. The molecule has 2 saturated carbocycles. The number of hydrogen-bond acceptors (Lipinski definition) is 5. The minimum atomic E-state index is -0.721. The zero-order valence-electron chi connectivity index (χ0n) is 21.1. The molecule has 36 heavy (non-hydrogen) atoms. The number of fused-ring (bicyclic) bond motifs is 2. The molecule has 2 aromatic rings. The van der Waals surface area contributed by atoms with Crippen LogP contribution in [0.25, 0.3) is 0 Å². The normalized spacial score (nSPS) is 29.9. The summed E-state index contributed by atoms with van der Waals surface area (Å²) in [5, 5.41) is 22.4. The lowest BCUT2D eigenvalue weighted by Gasteiger charge is -2.34. The second kappa shape index (κ2) is 8.38. The summed E-state index contributed by atoms with van der Waals surface area (Å²) in [6, 6.07) is 5.20. The third-order valence-corrected chi connectivity index (χ3v) is 9.04. The fourth-order valence-electron chi connectivity index (χ4n) is 6.41. The van der Waals surface area contributed by atoms with E-state index in [1.54, 1.807) is 9.58 Å². The van der Waals surface area contributed by atoms with Gasteiger partial charge in [-0.25, -0.2) is 4.68 Å². The largest absolute Gasteiger partial charge is 0.391 e. The van der Waals surface area contributed by atoms with E-state index in [2.05, 4.69) is 49.8 Å². The summed E-state index contributed by atoms with van der Waals surface area (Å²) in [6.07, 6.45) is 6.60. The molecule has 1 saturated heterocycles. The predicted octanol–water partition coefficient (Wildman–Crippen LogP) is 3.24. The van der Waals surface area contributed by atoms with Gasteiger partial charge in [0, 0.05) is 41.0 Å². The Balaban J connectivity index is 1.20. The topological polar surface area (TPSA) is 100 Å². The standard InChI is InChI=1S/C27H34BrN5O3/c1-26(2,3)23(33-14-20(30-31-33)15-4-5-15)25(36)32-13-18(34)11-21(32)24(35)29-22-12-27(22)9-8-16-10-17(28)6-7-19(16)27/h6-7,10,14-15,18,21-23,34H,4-5,8-9,11-13H2,1-3H3,(H,29,35)/t18-,21-,22?,23-,27?/m1/s1. The number of aliphatic hydroxyl groups is 1. The fourth-order valence-corrected chi connectivity index (χ4v) is 6.82. The third kappa shape index (κ3) is 4.08. The molecule has 4 aliphatic rings. The van der Waals surface area contributed by atoms with E-state index in [1.807, 2.05) is 27.0 Å². The molecule has 3 fully saturated rings. The number of hydrogen-bond donors (Lipinski definition) is 2. The van der Waals surface area contributed by atoms with Gasteiger partial charge >= 0.3 is 0 Å². The van der Waals surface area contributed by atoms with E-state index in [4.69, 9.17) is 0 Å². The summed E-state index contributed by atoms with van der Waals surface area (Å²) in [4.78, 5) is 29.0. The number of likely N-dealkylation sites (tertiary alicyclic amines) is 1. The highest BCUT2D eigenvalue weighted by atomic mass is 79.9. The van der Waals surface area contributed by atoms with Gasteiger partial charge in [-0.15, -0.1) is 5.10 Å². The van der Waals surface area contributed by atoms with Gasteiger partial charge in [0.2, 0.25) is 11.8 Å². The summed E-state index contributed by atoms with van der Waals surface area (Å²) < 4.78 is 2.75. The zero-order chi connectivity index (χ0) is 25.4. The summed E-state index contributed by atoms with van der Waals surface area (Å²) in [7, 11) is 0. The van der Waals surface area contributed by atoms with Crippen molar-refractivity contribution in [2.24, 2.45) is 5.41 Å². The van der Waals surface area contributed by atoms with E-state index < -0.39 is 23.6 Å². The quantitative estimate of drug-likeness (QED) is 0.589. The molecule has 9 heteroatoms. The van der Waals surface area contributed by atoms with Crippen LogP contribution < -0.4 is 5.32 Å². The van der Waals surface area contributed by atoms with Gasteiger partial charge < -0.3 is 15.3 Å². The number of carbonyl (C=O) groups excluding carboxylic acids is 2. The van der Waals surface area contributed by atoms with Crippen LogP contribution >= 0.6 is 15.9 Å². The molecule has 1 aromatic heterocycles. The van der Waals surface area contributed by atoms with Gasteiger partial charge in [-0.1, -0.05) is 48.0 Å². The molecule has 2 amide bonds. The van der Waals surface area contributed by atoms with E-state index in [1.165, 1.54) is 11.1 Å². The number of β-amino-alcohol motifs (C(OH)–C–C–N with tert-alkyl or cyclic N) is 1. The molecular weight excluding hydrogens is 522 g/mol. The number of aliphatic hydroxyl groups excluding tert-OH is 1. The summed E-state index contributed by atoms with van der Waals surface area (Å²) in [5.41, 5.74) is 3.17. The molecular formula is C27H34BrN5O3. The molecule has 5 atom stereocenters. The molecule has 192 valence electrons. The lowest BCUT2D eigenvalue weighted by atomic mass is 9.85. The second-order valence-electron chi connectivity index (χ2n) is 12.3. The Bertz CT molecular complexity index is 1220. The molecule has 1 aromatic carbocycles. The first kappa shape index (κ1) is 24.1. The number of carbonyl (C=O) groups is 2. The van der Waals surface area contributed by atoms with Crippen LogP contribution in [-0.4, -0.2) is 61.5 Å². The van der Waals surface area contributed by atoms with E-state index in [0.29, 0.717) is 5.92 Å². The minimum absolute atomic E-state index is 0.00559. The molecule has 6 rings (SSSR count). The molecule has 8 nitrogen and oxygen atoms in total. The van der Waals surface area contributed by atoms with Crippen molar-refractivity contribution < 1.29 is 14.7 Å². The zero-order valence-corrected chi connectivity index (χ0v) is 22.7. The molecule has 1 aliphatic heterocycles. The Labute approximate surface area is 219 Å². The Morgan fingerprint density at radius 1 is 1.28 bits per heavy atom. The maximum atomic E-state index is 13.9. The van der Waals surface area contributed by atoms with Crippen molar-refractivity contribution in [1.29, 1.82) is 0 Å². The Morgan fingerprint density at radius 3 is 2.78 bits per heavy atom. The average Bonchev–Trinajstić information content (AvgIpc) is 3.61. The number of amides is 2. The molecule has 2 heterocycles. The Hall–Kier alpha value is -2.26. The van der Waals surface area contributed by atoms with Crippen LogP contribution in [0.2, 0.25) is 0 Å². The fraction of sp³-hybridized carbons (Fsp3) is 0.630. The van der Waals surface area contributed by atoms with Crippen molar-refractivity contribution >= 4 is 27.7 Å². The van der Waals surface area contributed by atoms with Crippen molar-refractivity contribution in [3.8, 4) is 0 Å². The molecule has 3 aliphatic carbocycles. The van der Waals surface area contributed by atoms with Crippen molar-refractivity contribution in [3.05, 3.63) is 45.7 Å². The summed E-state index contributed by atoms with van der Waals surface area (Å²) >= 11 is 3.56. The molecule has 0 bridgehead atoms. The van der Waals surface area contributed by atoms with Crippen LogP contribution in [0.15, 0.2) is 28.9 Å². The lowest BCUT2D eigenvalue weighted by molar-refractivity contribution is -0.144. The highest BCUT2D eigenvalue weighted by Crippen LogP contribution is 2.57. The summed E-state index contributed by atoms with van der Waals surface area (Å²) in [6.45, 7) is 6.15. The third-order valence-electron chi connectivity index (χ3n) is 8.54. The number of aromatic nitrogens is 3. The van der Waals surface area contributed by atoms with Crippen molar-refractivity contribution in [1.82, 2.24) is 25.2 Å². The number of nitrogens with zero attached hydrogens (tertiary/aromatic N) is 4. The molecule has 2 N–H and O–H groups in total. The molecule has 1 spiro atoms. The Kier molecular flexibility index (Phi) is 5.61. The van der Waals surface area contributed by atoms with Gasteiger partial charge in [0.25, 0.3) is 0 Å². The van der Waals surface area contributed by atoms with Crippen molar-refractivity contribution in [2.45, 2.75) is 94.9 Å². The highest BCUT2D eigenvalue weighted by Gasteiger charge is 2.59. The maximum Gasteiger partial charge on any atom is 0.248 e. The second-order valence-corrected chi connectivity index (χ2v) is 13.2. The predicted molar refractivity (Wildman–Crippen MR) is 137 cm³/mol. The maximum absolute atomic E-state index is 13.9. The first-order chi connectivity index (χ1) is 17.1. The number of rotatable bonds is 5. The van der Waals surface area contributed by atoms with Crippen molar-refractivity contribution in [3.63, 3.8) is 0 Å². The average molecular weight is 557 g/mol. The minimum Gasteiger partial charge on any atom is -0.391 e. The van der Waals surface area contributed by atoms with E-state index in [0.717, 1.165) is 42.3 Å². The van der Waals surface area contributed by atoms with Gasteiger partial charge in [-0.3, -0.25) is 9.59 Å². The number of nitrogens with one attached hydrogen (secondary N) is 1. The first-order valence-corrected chi connectivity index (χ1v) is 13.9. The van der Waals surface area contributed by atoms with E-state index >= 15 is 0 Å². The number of halogens is 1. The monoisotopic (exact) mass is 555 g/mol. The summed E-state index contributed by atoms with van der Waals surface area (Å²) in [5.74, 6) is 0.0829. The van der Waals surface area contributed by atoms with Crippen LogP contribution in [0.3, 0.4) is 0 Å². The van der Waals surface area contributed by atoms with Gasteiger partial charge in [-0.05, 0) is 60.8 Å². The smallest absolute Gasteiger partial charge is 0.248 e. The molecule has 2 unspecified atom stereocenters. The van der Waals surface area contributed by atoms with Crippen LogP contribution in [0, 0.1) is 5.41 Å². The van der Waals surface area contributed by atoms with Crippen molar-refractivity contribution in [2.75, 3.05) is 6.54 Å². The van der Waals surface area contributed by atoms with Crippen LogP contribution in [0.4, 0.5) is 0 Å². The van der Waals surface area contributed by atoms with Crippen LogP contribution in [0.5, 0.6) is 0 Å². The van der Waals surface area contributed by atoms with E-state index in [-0.39, 0.29) is 36.2 Å². The number of aryl methyl sites for hydroxylation is 1. The SMILES string of the molecule is CC(C)(C)[C@@H](C(=O)N1C[C@H](O)C[C@@H]1C(=O)NC1CC12CCc1cc(Br)ccc12)n1cc(C2CC2)nn1. The van der Waals surface area contributed by atoms with Crippen LogP contribution in [-0.2, 0) is 21.4 Å². The van der Waals surface area contributed by atoms with Gasteiger partial charge in [0.15, 0.2) is 0 Å². The first-order valence-electron chi connectivity index (χ1n) is 13.1. The van der Waals surface area contributed by atoms with Gasteiger partial charge in [0.1, 0.15) is 12.1 Å². The lowest BCUT2D eigenvalue weighted by Crippen LogP contribution is -2.51. The van der Waals surface area contributed by atoms with Crippen LogP contribution in [0.1, 0.15) is 81.7 Å². The van der Waals surface area contributed by atoms with Gasteiger partial charge in [-0.2, -0.15) is 0 Å². The highest BCUT2D eigenvalue weighted by molar-refractivity contribution is 9.10. The number of benzene rings is 1. The molecule has 0 radical (unpaired) electrons. The van der Waals surface area contributed by atoms with Gasteiger partial charge in [0.05, 0.1) is 11.8 Å².